The number of sulfonamides is 1. The second-order valence-corrected chi connectivity index (χ2v) is 8.07. The maximum Gasteiger partial charge on any atom is 0.262 e. The highest BCUT2D eigenvalue weighted by molar-refractivity contribution is 7.92. The second kappa shape index (κ2) is 6.66. The number of pyridine rings is 1. The third-order valence-electron chi connectivity index (χ3n) is 4.45. The SMILES string of the molecule is O=CN(c1cc(-c2ccc(NS(=O)(=O)CF)cc2)c2cc[nH]c2n1)C1CC1. The van der Waals surface area contributed by atoms with Crippen LogP contribution in [0.3, 0.4) is 0 Å². The van der Waals surface area contributed by atoms with Gasteiger partial charge in [-0.25, -0.2) is 17.8 Å². The number of amides is 1. The molecule has 1 aliphatic rings. The molecule has 0 bridgehead atoms. The molecule has 1 amide bonds. The van der Waals surface area contributed by atoms with Crippen LogP contribution in [0.15, 0.2) is 42.6 Å². The number of rotatable bonds is 7. The fourth-order valence-electron chi connectivity index (χ4n) is 3.00. The van der Waals surface area contributed by atoms with Crippen molar-refractivity contribution in [1.29, 1.82) is 0 Å². The number of nitrogens with zero attached hydrogens (tertiary/aromatic N) is 2. The molecule has 2 heterocycles. The summed E-state index contributed by atoms with van der Waals surface area (Å²) < 4.78 is 37.3. The molecule has 1 fully saturated rings. The van der Waals surface area contributed by atoms with Gasteiger partial charge < -0.3 is 4.98 Å². The maximum absolute atomic E-state index is 12.5. The van der Waals surface area contributed by atoms with Crippen molar-refractivity contribution in [3.8, 4) is 11.1 Å². The van der Waals surface area contributed by atoms with E-state index in [1.807, 2.05) is 12.1 Å². The van der Waals surface area contributed by atoms with Gasteiger partial charge in [-0.3, -0.25) is 14.4 Å². The molecule has 1 aromatic carbocycles. The van der Waals surface area contributed by atoms with E-state index in [9.17, 15) is 17.6 Å². The molecule has 0 saturated heterocycles. The van der Waals surface area contributed by atoms with Crippen molar-refractivity contribution in [2.45, 2.75) is 18.9 Å². The molecule has 7 nitrogen and oxygen atoms in total. The molecule has 1 aliphatic carbocycles. The van der Waals surface area contributed by atoms with Crippen LogP contribution in [0.1, 0.15) is 12.8 Å². The lowest BCUT2D eigenvalue weighted by Crippen LogP contribution is -2.24. The largest absolute Gasteiger partial charge is 0.346 e. The van der Waals surface area contributed by atoms with E-state index in [4.69, 9.17) is 0 Å². The van der Waals surface area contributed by atoms with Crippen molar-refractivity contribution in [2.75, 3.05) is 15.6 Å². The quantitative estimate of drug-likeness (QED) is 0.608. The minimum atomic E-state index is -3.98. The smallest absolute Gasteiger partial charge is 0.262 e. The number of aromatic amines is 1. The first-order valence-corrected chi connectivity index (χ1v) is 10.0. The molecule has 3 aromatic rings. The summed E-state index contributed by atoms with van der Waals surface area (Å²) in [6.07, 6.45) is 4.49. The van der Waals surface area contributed by atoms with E-state index >= 15 is 0 Å². The van der Waals surface area contributed by atoms with E-state index in [1.54, 1.807) is 35.4 Å². The van der Waals surface area contributed by atoms with E-state index in [0.717, 1.165) is 35.8 Å². The number of hydrogen-bond donors (Lipinski definition) is 2. The maximum atomic E-state index is 12.5. The lowest BCUT2D eigenvalue weighted by molar-refractivity contribution is -0.107. The van der Waals surface area contributed by atoms with Crippen LogP contribution in [0, 0.1) is 0 Å². The number of hydrogen-bond acceptors (Lipinski definition) is 4. The van der Waals surface area contributed by atoms with Crippen LogP contribution >= 0.6 is 0 Å². The molecule has 140 valence electrons. The predicted octanol–water partition coefficient (Wildman–Crippen LogP) is 3.02. The Morgan fingerprint density at radius 3 is 2.63 bits per heavy atom. The molecule has 2 aromatic heterocycles. The molecule has 0 atom stereocenters. The summed E-state index contributed by atoms with van der Waals surface area (Å²) in [4.78, 5) is 20.7. The van der Waals surface area contributed by atoms with Gasteiger partial charge in [0, 0.05) is 23.3 Å². The van der Waals surface area contributed by atoms with Gasteiger partial charge in [0.25, 0.3) is 10.0 Å². The summed E-state index contributed by atoms with van der Waals surface area (Å²) in [5.41, 5.74) is 2.64. The Morgan fingerprint density at radius 2 is 2.00 bits per heavy atom. The Bertz CT molecular complexity index is 1090. The van der Waals surface area contributed by atoms with Crippen LogP contribution in [0.2, 0.25) is 0 Å². The van der Waals surface area contributed by atoms with Crippen molar-refractivity contribution in [3.63, 3.8) is 0 Å². The highest BCUT2D eigenvalue weighted by atomic mass is 32.2. The number of H-pyrrole nitrogens is 1. The lowest BCUT2D eigenvalue weighted by atomic mass is 10.0. The van der Waals surface area contributed by atoms with Gasteiger partial charge in [0.15, 0.2) is 0 Å². The first kappa shape index (κ1) is 17.5. The lowest BCUT2D eigenvalue weighted by Gasteiger charge is -2.17. The van der Waals surface area contributed by atoms with Gasteiger partial charge in [-0.05, 0) is 48.2 Å². The monoisotopic (exact) mass is 388 g/mol. The van der Waals surface area contributed by atoms with Gasteiger partial charge in [0.2, 0.25) is 12.4 Å². The Balaban J connectivity index is 1.74. The van der Waals surface area contributed by atoms with E-state index in [-0.39, 0.29) is 11.7 Å². The van der Waals surface area contributed by atoms with Gasteiger partial charge in [0.1, 0.15) is 11.5 Å². The topological polar surface area (TPSA) is 95.2 Å². The Kier molecular flexibility index (Phi) is 4.31. The van der Waals surface area contributed by atoms with Gasteiger partial charge in [-0.15, -0.1) is 0 Å². The molecule has 0 spiro atoms. The summed E-state index contributed by atoms with van der Waals surface area (Å²) >= 11 is 0. The van der Waals surface area contributed by atoms with Gasteiger partial charge in [0.05, 0.1) is 0 Å². The number of halogens is 1. The standard InChI is InChI=1S/C18H17FN4O3S/c19-10-27(25,26)22-13-3-1-12(2-4-13)16-9-17(23(11-24)14-5-6-14)21-18-15(16)7-8-20-18/h1-4,7-9,11,14,22H,5-6,10H2,(H,20,21). The van der Waals surface area contributed by atoms with E-state index in [0.29, 0.717) is 11.5 Å². The number of benzene rings is 1. The van der Waals surface area contributed by atoms with E-state index in [1.165, 1.54) is 0 Å². The summed E-state index contributed by atoms with van der Waals surface area (Å²) in [5, 5.41) is 0.887. The van der Waals surface area contributed by atoms with Crippen LogP contribution in [-0.4, -0.2) is 36.8 Å². The second-order valence-electron chi connectivity index (χ2n) is 6.42. The zero-order valence-corrected chi connectivity index (χ0v) is 15.0. The number of alkyl halides is 1. The Labute approximate surface area is 155 Å². The number of carbonyl (C=O) groups excluding carboxylic acids is 1. The Morgan fingerprint density at radius 1 is 1.26 bits per heavy atom. The molecule has 4 rings (SSSR count). The molecule has 2 N–H and O–H groups in total. The first-order valence-electron chi connectivity index (χ1n) is 8.39. The number of anilines is 2. The first-order chi connectivity index (χ1) is 13.0. The normalized spacial score (nSPS) is 14.3. The molecule has 0 unspecified atom stereocenters. The third kappa shape index (κ3) is 3.50. The fraction of sp³-hybridized carbons (Fsp3) is 0.222. The van der Waals surface area contributed by atoms with Crippen LogP contribution in [0.25, 0.3) is 22.2 Å². The van der Waals surface area contributed by atoms with Crippen molar-refractivity contribution < 1.29 is 17.6 Å². The van der Waals surface area contributed by atoms with Gasteiger partial charge in [-0.2, -0.15) is 0 Å². The highest BCUT2D eigenvalue weighted by Crippen LogP contribution is 2.35. The number of carbonyl (C=O) groups is 1. The fourth-order valence-corrected chi connectivity index (χ4v) is 3.55. The predicted molar refractivity (Wildman–Crippen MR) is 102 cm³/mol. The minimum absolute atomic E-state index is 0.188. The summed E-state index contributed by atoms with van der Waals surface area (Å²) in [6, 6.07) is 9.07. The Hall–Kier alpha value is -2.94. The molecular weight excluding hydrogens is 371 g/mol. The van der Waals surface area contributed by atoms with Crippen LogP contribution in [0.4, 0.5) is 15.9 Å². The number of nitrogens with one attached hydrogen (secondary N) is 2. The highest BCUT2D eigenvalue weighted by Gasteiger charge is 2.30. The van der Waals surface area contributed by atoms with Gasteiger partial charge in [-0.1, -0.05) is 12.1 Å². The summed E-state index contributed by atoms with van der Waals surface area (Å²) in [6.45, 7) is 0. The van der Waals surface area contributed by atoms with Gasteiger partial charge >= 0.3 is 0 Å². The molecule has 0 aliphatic heterocycles. The third-order valence-corrected chi connectivity index (χ3v) is 5.28. The zero-order chi connectivity index (χ0) is 19.0. The number of fused-ring (bicyclic) bond motifs is 1. The molecule has 1 saturated carbocycles. The average molecular weight is 388 g/mol. The van der Waals surface area contributed by atoms with Crippen molar-refractivity contribution in [3.05, 3.63) is 42.6 Å². The van der Waals surface area contributed by atoms with Crippen molar-refractivity contribution in [1.82, 2.24) is 9.97 Å². The zero-order valence-electron chi connectivity index (χ0n) is 14.2. The van der Waals surface area contributed by atoms with Crippen LogP contribution in [0.5, 0.6) is 0 Å². The molecule has 9 heteroatoms. The average Bonchev–Trinajstić information content (AvgIpc) is 3.38. The summed E-state index contributed by atoms with van der Waals surface area (Å²) in [7, 11) is -3.98. The van der Waals surface area contributed by atoms with Crippen LogP contribution in [-0.2, 0) is 14.8 Å². The van der Waals surface area contributed by atoms with Crippen molar-refractivity contribution in [2.24, 2.45) is 0 Å². The van der Waals surface area contributed by atoms with Crippen molar-refractivity contribution >= 4 is 39.0 Å². The van der Waals surface area contributed by atoms with E-state index in [2.05, 4.69) is 14.7 Å². The van der Waals surface area contributed by atoms with Crippen LogP contribution < -0.4 is 9.62 Å². The molecule has 0 radical (unpaired) electrons. The minimum Gasteiger partial charge on any atom is -0.346 e. The molecule has 27 heavy (non-hydrogen) atoms. The summed E-state index contributed by atoms with van der Waals surface area (Å²) in [5.74, 6) is 0.569. The number of aromatic nitrogens is 2. The molecular formula is C18H17FN4O3S. The van der Waals surface area contributed by atoms with E-state index < -0.39 is 16.0 Å².